The number of nitrogens with two attached hydrogens (primary N) is 1. The molecular formula is C20H25N5O. The molecule has 2 heterocycles. The second-order valence-corrected chi connectivity index (χ2v) is 6.31. The monoisotopic (exact) mass is 351 g/mol. The van der Waals surface area contributed by atoms with Crippen molar-refractivity contribution in [3.63, 3.8) is 0 Å². The molecule has 0 saturated carbocycles. The Morgan fingerprint density at radius 1 is 1.00 bits per heavy atom. The summed E-state index contributed by atoms with van der Waals surface area (Å²) < 4.78 is 5.15. The summed E-state index contributed by atoms with van der Waals surface area (Å²) in [4.78, 5) is 13.4. The van der Waals surface area contributed by atoms with Crippen LogP contribution in [0.15, 0.2) is 36.4 Å². The number of unbranched alkanes of at least 4 members (excludes halogenated alkanes) is 1. The summed E-state index contributed by atoms with van der Waals surface area (Å²) in [6.45, 7) is 3.62. The summed E-state index contributed by atoms with van der Waals surface area (Å²) >= 11 is 0. The van der Waals surface area contributed by atoms with Crippen LogP contribution in [0.2, 0.25) is 0 Å². The predicted molar refractivity (Wildman–Crippen MR) is 105 cm³/mol. The molecule has 2 aromatic heterocycles. The Morgan fingerprint density at radius 3 is 2.50 bits per heavy atom. The molecule has 136 valence electrons. The molecule has 0 fully saturated rings. The smallest absolute Gasteiger partial charge is 0.222 e. The van der Waals surface area contributed by atoms with Crippen LogP contribution < -0.4 is 11.1 Å². The van der Waals surface area contributed by atoms with Crippen molar-refractivity contribution in [1.82, 2.24) is 15.0 Å². The van der Waals surface area contributed by atoms with Crippen molar-refractivity contribution < 1.29 is 4.74 Å². The second kappa shape index (κ2) is 8.58. The number of hydrogen-bond acceptors (Lipinski definition) is 6. The van der Waals surface area contributed by atoms with E-state index in [1.165, 1.54) is 5.56 Å². The van der Waals surface area contributed by atoms with Crippen molar-refractivity contribution in [2.24, 2.45) is 0 Å². The first kappa shape index (κ1) is 18.1. The summed E-state index contributed by atoms with van der Waals surface area (Å²) in [7, 11) is 1.70. The first-order chi connectivity index (χ1) is 12.7. The molecule has 0 amide bonds. The predicted octanol–water partition coefficient (Wildman–Crippen LogP) is 3.56. The molecule has 0 unspecified atom stereocenters. The van der Waals surface area contributed by atoms with Crippen molar-refractivity contribution in [2.75, 3.05) is 24.7 Å². The molecule has 0 bridgehead atoms. The summed E-state index contributed by atoms with van der Waals surface area (Å²) in [5.74, 6) is 0.970. The highest BCUT2D eigenvalue weighted by atomic mass is 16.5. The minimum Gasteiger partial charge on any atom is -0.380 e. The van der Waals surface area contributed by atoms with Gasteiger partial charge in [0.25, 0.3) is 0 Å². The van der Waals surface area contributed by atoms with E-state index in [0.717, 1.165) is 48.1 Å². The Morgan fingerprint density at radius 2 is 1.77 bits per heavy atom. The standard InChI is InChI=1S/C20H25N5O/c1-3-4-11-22-19-18-17(24-20(21)25-19)10-9-16(23-18)12-14-5-7-15(8-6-14)13-26-2/h5-10H,3-4,11-13H2,1-2H3,(H3,21,22,24,25). The normalized spacial score (nSPS) is 11.0. The number of methoxy groups -OCH3 is 1. The quantitative estimate of drug-likeness (QED) is 0.604. The van der Waals surface area contributed by atoms with Crippen LogP contribution in [-0.4, -0.2) is 28.6 Å². The van der Waals surface area contributed by atoms with Gasteiger partial charge < -0.3 is 15.8 Å². The van der Waals surface area contributed by atoms with Crippen LogP contribution >= 0.6 is 0 Å². The Bertz CT molecular complexity index is 864. The van der Waals surface area contributed by atoms with Crippen molar-refractivity contribution >= 4 is 22.8 Å². The third-order valence-corrected chi connectivity index (χ3v) is 4.16. The number of hydrogen-bond donors (Lipinski definition) is 2. The van der Waals surface area contributed by atoms with E-state index in [1.807, 2.05) is 12.1 Å². The van der Waals surface area contributed by atoms with Gasteiger partial charge in [-0.05, 0) is 29.7 Å². The molecule has 0 saturated heterocycles. The van der Waals surface area contributed by atoms with Gasteiger partial charge in [0.05, 0.1) is 12.1 Å². The largest absolute Gasteiger partial charge is 0.380 e. The summed E-state index contributed by atoms with van der Waals surface area (Å²) in [6.07, 6.45) is 2.93. The van der Waals surface area contributed by atoms with Crippen molar-refractivity contribution in [3.05, 3.63) is 53.2 Å². The van der Waals surface area contributed by atoms with Crippen LogP contribution in [0.5, 0.6) is 0 Å². The fraction of sp³-hybridized carbons (Fsp3) is 0.350. The summed E-state index contributed by atoms with van der Waals surface area (Å²) in [6, 6.07) is 12.3. The second-order valence-electron chi connectivity index (χ2n) is 6.31. The zero-order chi connectivity index (χ0) is 18.4. The van der Waals surface area contributed by atoms with E-state index < -0.39 is 0 Å². The molecular weight excluding hydrogens is 326 g/mol. The van der Waals surface area contributed by atoms with Gasteiger partial charge in [0.2, 0.25) is 5.95 Å². The Balaban J connectivity index is 1.84. The van der Waals surface area contributed by atoms with E-state index in [9.17, 15) is 0 Å². The number of aromatic nitrogens is 3. The number of nitrogens with zero attached hydrogens (tertiary/aromatic N) is 3. The van der Waals surface area contributed by atoms with Gasteiger partial charge in [-0.1, -0.05) is 37.6 Å². The maximum atomic E-state index is 5.83. The first-order valence-electron chi connectivity index (χ1n) is 8.93. The molecule has 6 heteroatoms. The van der Waals surface area contributed by atoms with Crippen molar-refractivity contribution in [3.8, 4) is 0 Å². The molecule has 6 nitrogen and oxygen atoms in total. The fourth-order valence-corrected chi connectivity index (χ4v) is 2.81. The SMILES string of the molecule is CCCCNc1nc(N)nc2ccc(Cc3ccc(COC)cc3)nc12. The number of nitrogen functional groups attached to an aromatic ring is 1. The lowest BCUT2D eigenvalue weighted by Gasteiger charge is -2.10. The minimum absolute atomic E-state index is 0.264. The summed E-state index contributed by atoms with van der Waals surface area (Å²) in [5, 5.41) is 3.33. The van der Waals surface area contributed by atoms with Gasteiger partial charge in [-0.2, -0.15) is 4.98 Å². The molecule has 3 rings (SSSR count). The third kappa shape index (κ3) is 4.46. The molecule has 0 radical (unpaired) electrons. The molecule has 3 N–H and O–H groups in total. The van der Waals surface area contributed by atoms with Gasteiger partial charge in [-0.15, -0.1) is 0 Å². The lowest BCUT2D eigenvalue weighted by atomic mass is 10.1. The van der Waals surface area contributed by atoms with E-state index in [1.54, 1.807) is 7.11 Å². The first-order valence-corrected chi connectivity index (χ1v) is 8.93. The lowest BCUT2D eigenvalue weighted by Crippen LogP contribution is -2.08. The molecule has 0 atom stereocenters. The van der Waals surface area contributed by atoms with Crippen LogP contribution in [0.3, 0.4) is 0 Å². The fourth-order valence-electron chi connectivity index (χ4n) is 2.81. The minimum atomic E-state index is 0.264. The van der Waals surface area contributed by atoms with E-state index in [2.05, 4.69) is 46.5 Å². The van der Waals surface area contributed by atoms with Gasteiger partial charge in [0.1, 0.15) is 5.52 Å². The maximum absolute atomic E-state index is 5.83. The van der Waals surface area contributed by atoms with Gasteiger partial charge in [0, 0.05) is 25.8 Å². The van der Waals surface area contributed by atoms with Gasteiger partial charge in [-0.25, -0.2) is 9.97 Å². The third-order valence-electron chi connectivity index (χ3n) is 4.16. The Labute approximate surface area is 153 Å². The van der Waals surface area contributed by atoms with Crippen LogP contribution in [0.1, 0.15) is 36.6 Å². The van der Waals surface area contributed by atoms with Gasteiger partial charge in [0.15, 0.2) is 5.82 Å². The van der Waals surface area contributed by atoms with Crippen LogP contribution in [0, 0.1) is 0 Å². The molecule has 0 spiro atoms. The number of fused-ring (bicyclic) bond motifs is 1. The molecule has 1 aromatic carbocycles. The van der Waals surface area contributed by atoms with E-state index in [4.69, 9.17) is 15.5 Å². The highest BCUT2D eigenvalue weighted by Crippen LogP contribution is 2.21. The molecule has 26 heavy (non-hydrogen) atoms. The lowest BCUT2D eigenvalue weighted by molar-refractivity contribution is 0.185. The zero-order valence-corrected chi connectivity index (χ0v) is 15.3. The number of ether oxygens (including phenoxy) is 1. The van der Waals surface area contributed by atoms with Crippen molar-refractivity contribution in [1.29, 1.82) is 0 Å². The molecule has 0 aliphatic rings. The van der Waals surface area contributed by atoms with Gasteiger partial charge >= 0.3 is 0 Å². The molecule has 0 aliphatic heterocycles. The molecule has 3 aromatic rings. The average Bonchev–Trinajstić information content (AvgIpc) is 2.64. The zero-order valence-electron chi connectivity index (χ0n) is 15.3. The van der Waals surface area contributed by atoms with Crippen molar-refractivity contribution in [2.45, 2.75) is 32.8 Å². The number of benzene rings is 1. The Hall–Kier alpha value is -2.73. The number of pyridine rings is 1. The van der Waals surface area contributed by atoms with E-state index >= 15 is 0 Å². The van der Waals surface area contributed by atoms with E-state index in [0.29, 0.717) is 12.4 Å². The van der Waals surface area contributed by atoms with Crippen LogP contribution in [0.4, 0.5) is 11.8 Å². The molecule has 0 aliphatic carbocycles. The highest BCUT2D eigenvalue weighted by Gasteiger charge is 2.09. The Kier molecular flexibility index (Phi) is 5.96. The maximum Gasteiger partial charge on any atom is 0.222 e. The average molecular weight is 351 g/mol. The van der Waals surface area contributed by atoms with Gasteiger partial charge in [-0.3, -0.25) is 0 Å². The summed E-state index contributed by atoms with van der Waals surface area (Å²) in [5.41, 5.74) is 10.7. The topological polar surface area (TPSA) is 86.0 Å². The number of nitrogens with one attached hydrogen (secondary N) is 1. The van der Waals surface area contributed by atoms with Crippen LogP contribution in [0.25, 0.3) is 11.0 Å². The number of anilines is 2. The van der Waals surface area contributed by atoms with E-state index in [-0.39, 0.29) is 5.95 Å². The highest BCUT2D eigenvalue weighted by molar-refractivity contribution is 5.86. The number of rotatable bonds is 8. The van der Waals surface area contributed by atoms with Crippen LogP contribution in [-0.2, 0) is 17.8 Å².